The van der Waals surface area contributed by atoms with Crippen molar-refractivity contribution < 1.29 is 23.9 Å². The van der Waals surface area contributed by atoms with E-state index in [2.05, 4.69) is 11.9 Å². The Morgan fingerprint density at radius 3 is 2.53 bits per heavy atom. The van der Waals surface area contributed by atoms with Gasteiger partial charge in [0.25, 0.3) is 5.56 Å². The van der Waals surface area contributed by atoms with E-state index in [9.17, 15) is 19.2 Å². The lowest BCUT2D eigenvalue weighted by molar-refractivity contribution is -0.109. The van der Waals surface area contributed by atoms with Crippen LogP contribution in [0.3, 0.4) is 0 Å². The van der Waals surface area contributed by atoms with Crippen LogP contribution in [0.2, 0.25) is 0 Å². The molecular formula is C21H29N3O6. The van der Waals surface area contributed by atoms with Gasteiger partial charge in [-0.1, -0.05) is 6.58 Å². The fourth-order valence-electron chi connectivity index (χ4n) is 3.51. The highest BCUT2D eigenvalue weighted by atomic mass is 16.6. The molecule has 0 saturated carbocycles. The van der Waals surface area contributed by atoms with Crippen molar-refractivity contribution >= 4 is 18.5 Å². The zero-order valence-corrected chi connectivity index (χ0v) is 18.1. The highest BCUT2D eigenvalue weighted by Crippen LogP contribution is 2.34. The number of aromatic nitrogens is 1. The van der Waals surface area contributed by atoms with Crippen molar-refractivity contribution in [1.29, 1.82) is 0 Å². The van der Waals surface area contributed by atoms with Gasteiger partial charge in [-0.3, -0.25) is 19.1 Å². The second-order valence-electron chi connectivity index (χ2n) is 8.22. The number of carbonyl (C=O) groups is 3. The van der Waals surface area contributed by atoms with Gasteiger partial charge in [0.1, 0.15) is 17.3 Å². The quantitative estimate of drug-likeness (QED) is 0.580. The molecule has 30 heavy (non-hydrogen) atoms. The number of pyridine rings is 1. The van der Waals surface area contributed by atoms with E-state index in [0.717, 1.165) is 0 Å². The predicted molar refractivity (Wildman–Crippen MR) is 110 cm³/mol. The molecule has 0 spiro atoms. The molecule has 1 aliphatic heterocycles. The molecule has 2 atom stereocenters. The number of carbonyl (C=O) groups excluding carboxylic acids is 3. The van der Waals surface area contributed by atoms with E-state index in [1.54, 1.807) is 33.8 Å². The third-order valence-electron chi connectivity index (χ3n) is 4.96. The van der Waals surface area contributed by atoms with E-state index >= 15 is 0 Å². The predicted octanol–water partition coefficient (Wildman–Crippen LogP) is 2.35. The Morgan fingerprint density at radius 2 is 1.97 bits per heavy atom. The molecule has 2 amide bonds. The van der Waals surface area contributed by atoms with Gasteiger partial charge in [0.05, 0.1) is 7.11 Å². The van der Waals surface area contributed by atoms with Crippen molar-refractivity contribution in [1.82, 2.24) is 14.8 Å². The molecular weight excluding hydrogens is 390 g/mol. The number of hydrogen-bond donors (Lipinski definition) is 1. The summed E-state index contributed by atoms with van der Waals surface area (Å²) in [7, 11) is 1.20. The second-order valence-corrected chi connectivity index (χ2v) is 8.22. The van der Waals surface area contributed by atoms with Crippen molar-refractivity contribution in [3.05, 3.63) is 46.0 Å². The molecule has 2 rings (SSSR count). The fourth-order valence-corrected chi connectivity index (χ4v) is 3.51. The van der Waals surface area contributed by atoms with Crippen LogP contribution >= 0.6 is 0 Å². The molecule has 2 heterocycles. The minimum absolute atomic E-state index is 0.126. The summed E-state index contributed by atoms with van der Waals surface area (Å²) in [6, 6.07) is 3.04. The zero-order valence-electron chi connectivity index (χ0n) is 18.1. The van der Waals surface area contributed by atoms with Crippen molar-refractivity contribution in [2.24, 2.45) is 5.92 Å². The Labute approximate surface area is 175 Å². The Hall–Kier alpha value is -3.10. The molecule has 2 unspecified atom stereocenters. The number of esters is 1. The number of nitrogens with zero attached hydrogens (tertiary/aromatic N) is 2. The number of allylic oxidation sites excluding steroid dienone is 1. The Bertz CT molecular complexity index is 899. The average molecular weight is 419 g/mol. The maximum atomic E-state index is 13.1. The summed E-state index contributed by atoms with van der Waals surface area (Å²) in [4.78, 5) is 50.4. The second kappa shape index (κ2) is 9.15. The maximum absolute atomic E-state index is 13.1. The van der Waals surface area contributed by atoms with Crippen molar-refractivity contribution in [2.45, 2.75) is 52.3 Å². The minimum atomic E-state index is -0.753. The number of amides is 2. The van der Waals surface area contributed by atoms with Crippen LogP contribution in [-0.4, -0.2) is 47.2 Å². The van der Waals surface area contributed by atoms with Crippen LogP contribution in [0.4, 0.5) is 4.79 Å². The average Bonchev–Trinajstić information content (AvgIpc) is 2.66. The molecule has 1 N–H and O–H groups in total. The SMILES string of the molecule is C=C(NC=O)C1CCN(C(=O)OC(C)(C)C)C(n2c(C)ccc(C(=O)OC)c2=O)C1. The molecule has 0 radical (unpaired) electrons. The Balaban J connectivity index is 2.54. The van der Waals surface area contributed by atoms with Crippen LogP contribution in [0.15, 0.2) is 29.2 Å². The lowest BCUT2D eigenvalue weighted by Gasteiger charge is -2.41. The summed E-state index contributed by atoms with van der Waals surface area (Å²) < 4.78 is 11.6. The molecule has 0 aromatic carbocycles. The van der Waals surface area contributed by atoms with Gasteiger partial charge in [-0.2, -0.15) is 0 Å². The Kier molecular flexibility index (Phi) is 7.07. The lowest BCUT2D eigenvalue weighted by atomic mass is 9.91. The number of rotatable bonds is 5. The summed E-state index contributed by atoms with van der Waals surface area (Å²) in [6.45, 7) is 11.2. The topological polar surface area (TPSA) is 107 Å². The van der Waals surface area contributed by atoms with E-state index in [1.807, 2.05) is 0 Å². The number of aryl methyl sites for hydroxylation is 1. The minimum Gasteiger partial charge on any atom is -0.465 e. The molecule has 0 aliphatic carbocycles. The van der Waals surface area contributed by atoms with Crippen molar-refractivity contribution in [3.63, 3.8) is 0 Å². The van der Waals surface area contributed by atoms with Gasteiger partial charge >= 0.3 is 12.1 Å². The van der Waals surface area contributed by atoms with Gasteiger partial charge < -0.3 is 14.8 Å². The van der Waals surface area contributed by atoms with Gasteiger partial charge in [0, 0.05) is 23.9 Å². The molecule has 1 fully saturated rings. The first-order valence-electron chi connectivity index (χ1n) is 9.69. The van der Waals surface area contributed by atoms with Crippen LogP contribution < -0.4 is 10.9 Å². The van der Waals surface area contributed by atoms with Crippen LogP contribution in [0.5, 0.6) is 0 Å². The summed E-state index contributed by atoms with van der Waals surface area (Å²) in [5, 5.41) is 2.57. The molecule has 1 aromatic heterocycles. The van der Waals surface area contributed by atoms with Gasteiger partial charge in [-0.25, -0.2) is 9.59 Å². The highest BCUT2D eigenvalue weighted by molar-refractivity contribution is 5.88. The first-order valence-corrected chi connectivity index (χ1v) is 9.69. The summed E-state index contributed by atoms with van der Waals surface area (Å²) >= 11 is 0. The molecule has 0 bridgehead atoms. The third-order valence-corrected chi connectivity index (χ3v) is 4.96. The highest BCUT2D eigenvalue weighted by Gasteiger charge is 2.37. The number of nitrogens with one attached hydrogen (secondary N) is 1. The number of hydrogen-bond acceptors (Lipinski definition) is 6. The fraction of sp³-hybridized carbons (Fsp3) is 0.524. The van der Waals surface area contributed by atoms with Gasteiger partial charge in [0.2, 0.25) is 6.41 Å². The molecule has 9 heteroatoms. The van der Waals surface area contributed by atoms with Crippen LogP contribution in [0.25, 0.3) is 0 Å². The number of ether oxygens (including phenoxy) is 2. The number of likely N-dealkylation sites (tertiary alicyclic amines) is 1. The Morgan fingerprint density at radius 1 is 1.30 bits per heavy atom. The number of methoxy groups -OCH3 is 1. The van der Waals surface area contributed by atoms with Crippen molar-refractivity contribution in [3.8, 4) is 0 Å². The third kappa shape index (κ3) is 5.08. The lowest BCUT2D eigenvalue weighted by Crippen LogP contribution is -2.49. The van der Waals surface area contributed by atoms with E-state index in [1.165, 1.54) is 22.6 Å². The molecule has 164 valence electrons. The molecule has 1 aliphatic rings. The van der Waals surface area contributed by atoms with E-state index in [-0.39, 0.29) is 18.0 Å². The molecule has 1 saturated heterocycles. The largest absolute Gasteiger partial charge is 0.465 e. The van der Waals surface area contributed by atoms with Crippen LogP contribution in [-0.2, 0) is 14.3 Å². The smallest absolute Gasteiger partial charge is 0.411 e. The van der Waals surface area contributed by atoms with E-state index in [0.29, 0.717) is 30.6 Å². The first-order chi connectivity index (χ1) is 14.0. The molecule has 9 nitrogen and oxygen atoms in total. The molecule has 1 aromatic rings. The zero-order chi connectivity index (χ0) is 22.6. The van der Waals surface area contributed by atoms with E-state index in [4.69, 9.17) is 9.47 Å². The van der Waals surface area contributed by atoms with E-state index < -0.39 is 29.4 Å². The van der Waals surface area contributed by atoms with Gasteiger partial charge in [-0.05, 0) is 52.7 Å². The monoisotopic (exact) mass is 419 g/mol. The normalized spacial score (nSPS) is 19.0. The maximum Gasteiger partial charge on any atom is 0.411 e. The van der Waals surface area contributed by atoms with Crippen LogP contribution in [0.1, 0.15) is 55.8 Å². The summed E-state index contributed by atoms with van der Waals surface area (Å²) in [5.41, 5.74) is -0.321. The van der Waals surface area contributed by atoms with Crippen LogP contribution in [0, 0.1) is 12.8 Å². The first kappa shape index (κ1) is 23.2. The summed E-state index contributed by atoms with van der Waals surface area (Å²) in [6.07, 6.45) is 0.132. The standard InChI is InChI=1S/C21H29N3O6/c1-13-7-8-16(19(27)29-6)18(26)24(13)17-11-15(14(2)22-12-25)9-10-23(17)20(28)30-21(3,4)5/h7-8,12,15,17H,2,9-11H2,1,3-6H3,(H,22,25). The number of piperidine rings is 1. The summed E-state index contributed by atoms with van der Waals surface area (Å²) in [5.74, 6) is -0.913. The van der Waals surface area contributed by atoms with Gasteiger partial charge in [-0.15, -0.1) is 0 Å². The van der Waals surface area contributed by atoms with Crippen molar-refractivity contribution in [2.75, 3.05) is 13.7 Å². The van der Waals surface area contributed by atoms with Gasteiger partial charge in [0.15, 0.2) is 0 Å².